The minimum atomic E-state index is -0.00791. The van der Waals surface area contributed by atoms with Crippen molar-refractivity contribution in [2.24, 2.45) is 0 Å². The van der Waals surface area contributed by atoms with E-state index in [4.69, 9.17) is 0 Å². The maximum Gasteiger partial charge on any atom is 0.212 e. The van der Waals surface area contributed by atoms with Crippen LogP contribution in [0.25, 0.3) is 0 Å². The van der Waals surface area contributed by atoms with Gasteiger partial charge in [-0.3, -0.25) is 0 Å². The quantitative estimate of drug-likeness (QED) is 0.455. The molecule has 2 aromatic rings. The van der Waals surface area contributed by atoms with Gasteiger partial charge >= 0.3 is 0 Å². The van der Waals surface area contributed by atoms with Crippen LogP contribution in [0.1, 0.15) is 75.6 Å². The van der Waals surface area contributed by atoms with E-state index in [2.05, 4.69) is 97.9 Å². The number of aliphatic hydroxyl groups is 1. The highest BCUT2D eigenvalue weighted by Crippen LogP contribution is 2.51. The monoisotopic (exact) mass is 528 g/mol. The number of halogens is 1. The van der Waals surface area contributed by atoms with Crippen LogP contribution in [-0.4, -0.2) is 35.1 Å². The molecule has 4 heteroatoms. The highest BCUT2D eigenvalue weighted by Gasteiger charge is 2.46. The van der Waals surface area contributed by atoms with Crippen LogP contribution in [-0.2, 0) is 23.7 Å². The zero-order valence-corrected chi connectivity index (χ0v) is 24.1. The van der Waals surface area contributed by atoms with Crippen molar-refractivity contribution in [3.05, 3.63) is 94.2 Å². The van der Waals surface area contributed by atoms with Gasteiger partial charge in [0.15, 0.2) is 5.71 Å². The van der Waals surface area contributed by atoms with Crippen molar-refractivity contribution in [2.45, 2.75) is 77.0 Å². The molecule has 1 N–H and O–H groups in total. The second-order valence-electron chi connectivity index (χ2n) is 12.2. The molecule has 0 unspecified atom stereocenters. The zero-order chi connectivity index (χ0) is 25.8. The van der Waals surface area contributed by atoms with Crippen molar-refractivity contribution in [3.63, 3.8) is 0 Å². The molecular formula is C34H41ClN2O. The number of aryl methyl sites for hydroxylation is 2. The van der Waals surface area contributed by atoms with E-state index in [9.17, 15) is 5.11 Å². The smallest absolute Gasteiger partial charge is 0.212 e. The molecule has 2 aromatic carbocycles. The lowest BCUT2D eigenvalue weighted by atomic mass is 9.80. The Kier molecular flexibility index (Phi) is 7.22. The number of anilines is 1. The van der Waals surface area contributed by atoms with E-state index in [1.165, 1.54) is 76.3 Å². The molecule has 4 aliphatic rings. The Balaban J connectivity index is 0.00000294. The van der Waals surface area contributed by atoms with Gasteiger partial charge in [-0.25, -0.2) is 0 Å². The molecule has 0 aliphatic carbocycles. The van der Waals surface area contributed by atoms with Gasteiger partial charge in [-0.1, -0.05) is 62.4 Å². The summed E-state index contributed by atoms with van der Waals surface area (Å²) in [5, 5.41) is 9.63. The molecule has 6 rings (SSSR count). The number of allylic oxidation sites excluding steroid dienone is 6. The number of hydrogen-bond donors (Lipinski definition) is 1. The van der Waals surface area contributed by atoms with Gasteiger partial charge in [-0.15, -0.1) is 0 Å². The van der Waals surface area contributed by atoms with E-state index in [1.807, 2.05) is 0 Å². The average Bonchev–Trinajstić information content (AvgIpc) is 3.25. The maximum absolute atomic E-state index is 9.63. The summed E-state index contributed by atoms with van der Waals surface area (Å²) in [6, 6.07) is 13.7. The molecule has 0 saturated carbocycles. The van der Waals surface area contributed by atoms with Crippen molar-refractivity contribution in [1.29, 1.82) is 0 Å². The largest absolute Gasteiger partial charge is 1.00 e. The van der Waals surface area contributed by atoms with Gasteiger partial charge in [0.25, 0.3) is 0 Å². The van der Waals surface area contributed by atoms with Gasteiger partial charge in [0.05, 0.1) is 5.41 Å². The molecule has 3 nitrogen and oxygen atoms in total. The molecule has 200 valence electrons. The van der Waals surface area contributed by atoms with E-state index in [0.29, 0.717) is 0 Å². The zero-order valence-electron chi connectivity index (χ0n) is 23.4. The molecule has 0 spiro atoms. The predicted molar refractivity (Wildman–Crippen MR) is 154 cm³/mol. The lowest BCUT2D eigenvalue weighted by Crippen LogP contribution is -3.00. The first-order chi connectivity index (χ1) is 17.8. The molecule has 0 amide bonds. The Hall–Kier alpha value is -2.62. The third-order valence-corrected chi connectivity index (χ3v) is 9.18. The minimum absolute atomic E-state index is 0. The topological polar surface area (TPSA) is 26.5 Å². The summed E-state index contributed by atoms with van der Waals surface area (Å²) in [6.45, 7) is 11.9. The van der Waals surface area contributed by atoms with Crippen molar-refractivity contribution in [2.75, 3.05) is 24.6 Å². The summed E-state index contributed by atoms with van der Waals surface area (Å²) in [4.78, 5) is 2.57. The predicted octanol–water partition coefficient (Wildman–Crippen LogP) is 3.90. The molecule has 0 atom stereocenters. The SMILES string of the molecule is CC1(C)C(/C=C/C(=C/C=C2/N3CCCc4cccc(c43)C2(C)C)CCCO)=[N+]2CCCc3cccc1c32.[Cl-]. The highest BCUT2D eigenvalue weighted by molar-refractivity contribution is 6.03. The summed E-state index contributed by atoms with van der Waals surface area (Å²) in [5.74, 6) is 0. The number of rotatable bonds is 6. The van der Waals surface area contributed by atoms with Crippen LogP contribution in [0.15, 0.2) is 72.0 Å². The molecule has 4 heterocycles. The van der Waals surface area contributed by atoms with Crippen molar-refractivity contribution >= 4 is 17.1 Å². The standard InChI is InChI=1S/C34H41N2O.ClH/c1-33(2)27-15-5-11-25-13-7-21-35(31(25)27)29(33)19-17-24(10-9-23-37)18-20-30-34(3,4)28-16-6-12-26-14-8-22-36(30)32(26)28;/h5-6,11-12,15-20,37H,7-10,13-14,21-23H2,1-4H3;1H/q+1;/p-1. The summed E-state index contributed by atoms with van der Waals surface area (Å²) in [7, 11) is 0. The van der Waals surface area contributed by atoms with Crippen molar-refractivity contribution in [1.82, 2.24) is 0 Å². The average molecular weight is 529 g/mol. The number of aliphatic hydroxyl groups excluding tert-OH is 1. The van der Waals surface area contributed by atoms with Crippen molar-refractivity contribution < 1.29 is 22.1 Å². The molecule has 0 aromatic heterocycles. The first kappa shape index (κ1) is 27.0. The van der Waals surface area contributed by atoms with E-state index in [-0.39, 0.29) is 29.8 Å². The van der Waals surface area contributed by atoms with Crippen LogP contribution < -0.4 is 17.3 Å². The molecule has 0 bridgehead atoms. The van der Waals surface area contributed by atoms with Crippen LogP contribution in [0.5, 0.6) is 0 Å². The fraction of sp³-hybridized carbons (Fsp3) is 0.441. The van der Waals surface area contributed by atoms with Crippen LogP contribution in [0.2, 0.25) is 0 Å². The lowest BCUT2D eigenvalue weighted by Gasteiger charge is -2.30. The fourth-order valence-electron chi connectivity index (χ4n) is 7.22. The second-order valence-corrected chi connectivity index (χ2v) is 12.2. The fourth-order valence-corrected chi connectivity index (χ4v) is 7.22. The summed E-state index contributed by atoms with van der Waals surface area (Å²) < 4.78 is 2.57. The lowest BCUT2D eigenvalue weighted by molar-refractivity contribution is -0.443. The summed E-state index contributed by atoms with van der Waals surface area (Å²) in [6.07, 6.45) is 15.8. The Morgan fingerprint density at radius 2 is 1.71 bits per heavy atom. The van der Waals surface area contributed by atoms with Gasteiger partial charge < -0.3 is 22.4 Å². The van der Waals surface area contributed by atoms with E-state index >= 15 is 0 Å². The van der Waals surface area contributed by atoms with Crippen LogP contribution in [0, 0.1) is 0 Å². The first-order valence-electron chi connectivity index (χ1n) is 14.2. The Labute approximate surface area is 234 Å². The minimum Gasteiger partial charge on any atom is -1.00 e. The summed E-state index contributed by atoms with van der Waals surface area (Å²) >= 11 is 0. The first-order valence-corrected chi connectivity index (χ1v) is 14.2. The normalized spacial score (nSPS) is 21.7. The number of benzene rings is 2. The van der Waals surface area contributed by atoms with Gasteiger partial charge in [0.2, 0.25) is 5.69 Å². The van der Waals surface area contributed by atoms with Crippen molar-refractivity contribution in [3.8, 4) is 0 Å². The molecule has 0 saturated heterocycles. The van der Waals surface area contributed by atoms with Gasteiger partial charge in [0, 0.05) is 53.6 Å². The van der Waals surface area contributed by atoms with Crippen LogP contribution in [0.4, 0.5) is 11.4 Å². The summed E-state index contributed by atoms with van der Waals surface area (Å²) in [5.41, 5.74) is 12.9. The number of para-hydroxylation sites is 2. The third kappa shape index (κ3) is 4.19. The Morgan fingerprint density at radius 1 is 0.974 bits per heavy atom. The molecule has 4 aliphatic heterocycles. The Morgan fingerprint density at radius 3 is 2.50 bits per heavy atom. The van der Waals surface area contributed by atoms with E-state index < -0.39 is 0 Å². The number of nitrogens with zero attached hydrogens (tertiary/aromatic N) is 2. The molecular weight excluding hydrogens is 488 g/mol. The number of hydrogen-bond acceptors (Lipinski definition) is 2. The molecule has 0 fully saturated rings. The van der Waals surface area contributed by atoms with Gasteiger partial charge in [-0.05, 0) is 68.7 Å². The molecule has 38 heavy (non-hydrogen) atoms. The van der Waals surface area contributed by atoms with Gasteiger partial charge in [-0.2, -0.15) is 4.58 Å². The van der Waals surface area contributed by atoms with E-state index in [0.717, 1.165) is 25.9 Å². The van der Waals surface area contributed by atoms with Gasteiger partial charge in [0.1, 0.15) is 6.54 Å². The molecule has 0 radical (unpaired) electrons. The van der Waals surface area contributed by atoms with E-state index in [1.54, 1.807) is 0 Å². The maximum atomic E-state index is 9.63. The highest BCUT2D eigenvalue weighted by atomic mass is 35.5. The van der Waals surface area contributed by atoms with Crippen LogP contribution in [0.3, 0.4) is 0 Å². The van der Waals surface area contributed by atoms with Crippen LogP contribution >= 0.6 is 0 Å². The Bertz CT molecular complexity index is 1370. The third-order valence-electron chi connectivity index (χ3n) is 9.18. The second kappa shape index (κ2) is 10.2.